The van der Waals surface area contributed by atoms with Gasteiger partial charge in [-0.2, -0.15) is 9.49 Å². The minimum absolute atomic E-state index is 0.104. The highest BCUT2D eigenvalue weighted by molar-refractivity contribution is 5.44. The summed E-state index contributed by atoms with van der Waals surface area (Å²) < 4.78 is 14.8. The number of rotatable bonds is 4. The van der Waals surface area contributed by atoms with Gasteiger partial charge in [0.15, 0.2) is 0 Å². The molecule has 2 aromatic rings. The highest BCUT2D eigenvalue weighted by atomic mass is 19.1. The van der Waals surface area contributed by atoms with Gasteiger partial charge in [0.2, 0.25) is 5.95 Å². The van der Waals surface area contributed by atoms with Crippen LogP contribution in [0.4, 0.5) is 10.1 Å². The van der Waals surface area contributed by atoms with E-state index in [0.717, 1.165) is 23.6 Å². The molecule has 0 aliphatic rings. The third kappa shape index (κ3) is 2.75. The fourth-order valence-electron chi connectivity index (χ4n) is 2.43. The van der Waals surface area contributed by atoms with Crippen molar-refractivity contribution in [3.8, 4) is 0 Å². The van der Waals surface area contributed by atoms with Gasteiger partial charge in [-0.3, -0.25) is 4.68 Å². The zero-order chi connectivity index (χ0) is 14.0. The Hall–Kier alpha value is -1.91. The van der Waals surface area contributed by atoms with Crippen molar-refractivity contribution in [2.45, 2.75) is 40.3 Å². The quantitative estimate of drug-likeness (QED) is 0.860. The Morgan fingerprint density at radius 1 is 1.37 bits per heavy atom. The normalized spacial score (nSPS) is 12.5. The second-order valence-corrected chi connectivity index (χ2v) is 4.64. The first-order valence-corrected chi connectivity index (χ1v) is 6.45. The van der Waals surface area contributed by atoms with Crippen LogP contribution in [0.3, 0.4) is 0 Å². The number of aryl methyl sites for hydroxylation is 2. The second-order valence-electron chi connectivity index (χ2n) is 4.64. The van der Waals surface area contributed by atoms with Gasteiger partial charge >= 0.3 is 0 Å². The number of hydrogen-bond acceptors (Lipinski definition) is 3. The van der Waals surface area contributed by atoms with Gasteiger partial charge < -0.3 is 5.32 Å². The van der Waals surface area contributed by atoms with Crippen molar-refractivity contribution in [1.82, 2.24) is 14.8 Å². The van der Waals surface area contributed by atoms with Crippen LogP contribution in [0.25, 0.3) is 0 Å². The zero-order valence-electron chi connectivity index (χ0n) is 11.7. The molecular weight excluding hydrogens is 243 g/mol. The molecular formula is C14H19FN4. The molecule has 0 aliphatic carbocycles. The first-order chi connectivity index (χ1) is 9.02. The topological polar surface area (TPSA) is 42.7 Å². The molecule has 1 unspecified atom stereocenters. The van der Waals surface area contributed by atoms with E-state index in [9.17, 15) is 4.39 Å². The van der Waals surface area contributed by atoms with Crippen molar-refractivity contribution >= 4 is 5.69 Å². The zero-order valence-corrected chi connectivity index (χ0v) is 11.7. The van der Waals surface area contributed by atoms with E-state index < -0.39 is 5.95 Å². The monoisotopic (exact) mass is 262 g/mol. The molecule has 0 spiro atoms. The number of halogens is 1. The van der Waals surface area contributed by atoms with E-state index in [1.54, 1.807) is 6.07 Å². The summed E-state index contributed by atoms with van der Waals surface area (Å²) in [5, 5.41) is 7.83. The van der Waals surface area contributed by atoms with E-state index in [0.29, 0.717) is 0 Å². The Morgan fingerprint density at radius 3 is 2.63 bits per heavy atom. The predicted octanol–water partition coefficient (Wildman–Crippen LogP) is 3.23. The second kappa shape index (κ2) is 5.38. The van der Waals surface area contributed by atoms with E-state index >= 15 is 0 Å². The van der Waals surface area contributed by atoms with Crippen LogP contribution in [0.2, 0.25) is 0 Å². The van der Waals surface area contributed by atoms with Crippen molar-refractivity contribution in [3.63, 3.8) is 0 Å². The molecule has 0 fully saturated rings. The Balaban J connectivity index is 2.22. The summed E-state index contributed by atoms with van der Waals surface area (Å²) in [7, 11) is 0. The van der Waals surface area contributed by atoms with Crippen LogP contribution in [0.1, 0.15) is 36.8 Å². The van der Waals surface area contributed by atoms with Crippen LogP contribution in [-0.4, -0.2) is 14.8 Å². The Morgan fingerprint density at radius 2 is 2.11 bits per heavy atom. The molecule has 5 heteroatoms. The molecule has 1 atom stereocenters. The average molecular weight is 262 g/mol. The number of nitrogens with one attached hydrogen (secondary N) is 1. The largest absolute Gasteiger partial charge is 0.377 e. The standard InChI is InChI=1S/C14H19FN4/c1-5-19-11(4)14(10(3)18-19)9(2)17-12-6-7-13(15)16-8-12/h6-9,17H,5H2,1-4H3. The van der Waals surface area contributed by atoms with Gasteiger partial charge in [0.1, 0.15) is 0 Å². The molecule has 0 saturated carbocycles. The summed E-state index contributed by atoms with van der Waals surface area (Å²) in [6.07, 6.45) is 1.50. The molecule has 1 N–H and O–H groups in total. The van der Waals surface area contributed by atoms with Crippen LogP contribution in [0.15, 0.2) is 18.3 Å². The lowest BCUT2D eigenvalue weighted by Gasteiger charge is -2.16. The molecule has 0 saturated heterocycles. The van der Waals surface area contributed by atoms with Gasteiger partial charge in [0.25, 0.3) is 0 Å². The maximum Gasteiger partial charge on any atom is 0.212 e. The maximum atomic E-state index is 12.8. The summed E-state index contributed by atoms with van der Waals surface area (Å²) in [5.74, 6) is -0.468. The smallest absolute Gasteiger partial charge is 0.212 e. The minimum atomic E-state index is -0.468. The average Bonchev–Trinajstić information content (AvgIpc) is 2.67. The van der Waals surface area contributed by atoms with Crippen LogP contribution < -0.4 is 5.32 Å². The fraction of sp³-hybridized carbons (Fsp3) is 0.429. The number of aromatic nitrogens is 3. The highest BCUT2D eigenvalue weighted by Crippen LogP contribution is 2.24. The van der Waals surface area contributed by atoms with Gasteiger partial charge in [0.05, 0.1) is 23.6 Å². The molecule has 19 heavy (non-hydrogen) atoms. The molecule has 0 aliphatic heterocycles. The minimum Gasteiger partial charge on any atom is -0.377 e. The van der Waals surface area contributed by atoms with Gasteiger partial charge in [-0.15, -0.1) is 0 Å². The maximum absolute atomic E-state index is 12.8. The third-order valence-corrected chi connectivity index (χ3v) is 3.28. The van der Waals surface area contributed by atoms with Crippen molar-refractivity contribution in [3.05, 3.63) is 41.2 Å². The molecule has 0 radical (unpaired) electrons. The Kier molecular flexibility index (Phi) is 3.83. The van der Waals surface area contributed by atoms with E-state index in [1.165, 1.54) is 17.8 Å². The summed E-state index contributed by atoms with van der Waals surface area (Å²) in [5.41, 5.74) is 4.17. The van der Waals surface area contributed by atoms with Gasteiger partial charge in [-0.25, -0.2) is 4.98 Å². The lowest BCUT2D eigenvalue weighted by atomic mass is 10.1. The van der Waals surface area contributed by atoms with E-state index in [-0.39, 0.29) is 6.04 Å². The molecule has 0 bridgehead atoms. The van der Waals surface area contributed by atoms with E-state index in [4.69, 9.17) is 0 Å². The summed E-state index contributed by atoms with van der Waals surface area (Å²) >= 11 is 0. The van der Waals surface area contributed by atoms with Gasteiger partial charge in [0, 0.05) is 17.8 Å². The summed E-state index contributed by atoms with van der Waals surface area (Å²) in [6, 6.07) is 3.14. The SMILES string of the molecule is CCn1nc(C)c(C(C)Nc2ccc(F)nc2)c1C. The Labute approximate surface area is 112 Å². The summed E-state index contributed by atoms with van der Waals surface area (Å²) in [6.45, 7) is 9.08. The number of anilines is 1. The van der Waals surface area contributed by atoms with E-state index in [1.807, 2.05) is 11.6 Å². The molecule has 0 aromatic carbocycles. The van der Waals surface area contributed by atoms with Crippen LogP contribution in [0.5, 0.6) is 0 Å². The van der Waals surface area contributed by atoms with Gasteiger partial charge in [-0.1, -0.05) is 0 Å². The molecule has 2 aromatic heterocycles. The predicted molar refractivity (Wildman–Crippen MR) is 73.6 cm³/mol. The fourth-order valence-corrected chi connectivity index (χ4v) is 2.43. The van der Waals surface area contributed by atoms with E-state index in [2.05, 4.69) is 36.2 Å². The van der Waals surface area contributed by atoms with Crippen molar-refractivity contribution in [2.75, 3.05) is 5.32 Å². The first-order valence-electron chi connectivity index (χ1n) is 6.45. The third-order valence-electron chi connectivity index (χ3n) is 3.28. The number of pyridine rings is 1. The number of hydrogen-bond donors (Lipinski definition) is 1. The molecule has 102 valence electrons. The number of nitrogens with zero attached hydrogens (tertiary/aromatic N) is 3. The van der Waals surface area contributed by atoms with Crippen LogP contribution in [-0.2, 0) is 6.54 Å². The van der Waals surface area contributed by atoms with Crippen LogP contribution >= 0.6 is 0 Å². The van der Waals surface area contributed by atoms with Crippen LogP contribution in [0, 0.1) is 19.8 Å². The van der Waals surface area contributed by atoms with Crippen molar-refractivity contribution in [1.29, 1.82) is 0 Å². The first kappa shape index (κ1) is 13.5. The molecule has 2 rings (SSSR count). The van der Waals surface area contributed by atoms with Gasteiger partial charge in [-0.05, 0) is 39.8 Å². The molecule has 2 heterocycles. The molecule has 0 amide bonds. The molecule has 4 nitrogen and oxygen atoms in total. The summed E-state index contributed by atoms with van der Waals surface area (Å²) in [4.78, 5) is 3.64. The van der Waals surface area contributed by atoms with Crippen molar-refractivity contribution in [2.24, 2.45) is 0 Å². The van der Waals surface area contributed by atoms with Crippen molar-refractivity contribution < 1.29 is 4.39 Å². The lowest BCUT2D eigenvalue weighted by molar-refractivity contribution is 0.584. The highest BCUT2D eigenvalue weighted by Gasteiger charge is 2.16. The Bertz CT molecular complexity index is 560. The lowest BCUT2D eigenvalue weighted by Crippen LogP contribution is -2.09.